The highest BCUT2D eigenvalue weighted by Crippen LogP contribution is 2.30. The molecule has 2 N–H and O–H groups in total. The quantitative estimate of drug-likeness (QED) is 0.863. The average Bonchev–Trinajstić information content (AvgIpc) is 2.82. The third-order valence-electron chi connectivity index (χ3n) is 3.58. The van der Waals surface area contributed by atoms with Crippen LogP contribution in [0.15, 0.2) is 23.1 Å². The van der Waals surface area contributed by atoms with Gasteiger partial charge in [-0.15, -0.1) is 0 Å². The number of nitrogens with two attached hydrogens (primary N) is 1. The molecule has 1 saturated heterocycles. The zero-order chi connectivity index (χ0) is 14.0. The summed E-state index contributed by atoms with van der Waals surface area (Å²) in [6.45, 7) is 3.08. The van der Waals surface area contributed by atoms with Crippen molar-refractivity contribution in [1.29, 1.82) is 0 Å². The highest BCUT2D eigenvalue weighted by Gasteiger charge is 2.33. The van der Waals surface area contributed by atoms with Crippen molar-refractivity contribution >= 4 is 15.7 Å². The van der Waals surface area contributed by atoms with Gasteiger partial charge in [-0.3, -0.25) is 0 Å². The van der Waals surface area contributed by atoms with Crippen molar-refractivity contribution in [3.8, 4) is 0 Å². The molecule has 0 aliphatic carbocycles. The average molecular weight is 286 g/mol. The predicted octanol–water partition coefficient (Wildman–Crippen LogP) is 2.22. The van der Waals surface area contributed by atoms with Crippen LogP contribution < -0.4 is 5.73 Å². The van der Waals surface area contributed by atoms with Gasteiger partial charge in [-0.1, -0.05) is 19.4 Å². The Morgan fingerprint density at radius 2 is 2.21 bits per heavy atom. The second kappa shape index (κ2) is 5.46. The maximum absolute atomic E-state index is 13.4. The van der Waals surface area contributed by atoms with Crippen molar-refractivity contribution in [3.63, 3.8) is 0 Å². The number of nitrogen functional groups attached to an aromatic ring is 1. The molecule has 106 valence electrons. The first kappa shape index (κ1) is 14.3. The zero-order valence-corrected chi connectivity index (χ0v) is 11.8. The van der Waals surface area contributed by atoms with E-state index in [0.29, 0.717) is 19.0 Å². The number of rotatable bonds is 4. The van der Waals surface area contributed by atoms with Crippen molar-refractivity contribution < 1.29 is 12.8 Å². The van der Waals surface area contributed by atoms with Gasteiger partial charge in [-0.05, 0) is 30.9 Å². The number of hydrogen-bond donors (Lipinski definition) is 1. The Morgan fingerprint density at radius 1 is 1.47 bits per heavy atom. The number of para-hydroxylation sites is 1. The molecule has 0 spiro atoms. The van der Waals surface area contributed by atoms with Gasteiger partial charge >= 0.3 is 0 Å². The Morgan fingerprint density at radius 3 is 2.89 bits per heavy atom. The van der Waals surface area contributed by atoms with E-state index in [-0.39, 0.29) is 10.6 Å². The lowest BCUT2D eigenvalue weighted by molar-refractivity contribution is 0.444. The first-order valence-electron chi connectivity index (χ1n) is 6.51. The molecule has 1 fully saturated rings. The third-order valence-corrected chi connectivity index (χ3v) is 5.50. The molecule has 0 amide bonds. The van der Waals surface area contributed by atoms with Crippen molar-refractivity contribution in [3.05, 3.63) is 24.0 Å². The van der Waals surface area contributed by atoms with Crippen molar-refractivity contribution in [1.82, 2.24) is 4.31 Å². The summed E-state index contributed by atoms with van der Waals surface area (Å²) in [6.07, 6.45) is 2.92. The molecule has 0 radical (unpaired) electrons. The lowest BCUT2D eigenvalue weighted by atomic mass is 10.0. The van der Waals surface area contributed by atoms with Crippen LogP contribution >= 0.6 is 0 Å². The van der Waals surface area contributed by atoms with Crippen LogP contribution in [0.5, 0.6) is 0 Å². The van der Waals surface area contributed by atoms with Crippen LogP contribution in [-0.4, -0.2) is 25.8 Å². The predicted molar refractivity (Wildman–Crippen MR) is 72.6 cm³/mol. The minimum atomic E-state index is -3.67. The number of sulfonamides is 1. The van der Waals surface area contributed by atoms with Gasteiger partial charge in [0.1, 0.15) is 10.7 Å². The molecule has 1 aromatic rings. The maximum atomic E-state index is 13.4. The second-order valence-electron chi connectivity index (χ2n) is 4.96. The highest BCUT2D eigenvalue weighted by molar-refractivity contribution is 7.89. The summed E-state index contributed by atoms with van der Waals surface area (Å²) in [5, 5.41) is 0. The van der Waals surface area contributed by atoms with Crippen LogP contribution in [0.2, 0.25) is 0 Å². The molecule has 0 aromatic heterocycles. The first-order chi connectivity index (χ1) is 8.96. The number of hydrogen-bond acceptors (Lipinski definition) is 3. The Balaban J connectivity index is 2.26. The summed E-state index contributed by atoms with van der Waals surface area (Å²) in [7, 11) is -3.67. The number of anilines is 1. The molecule has 6 heteroatoms. The summed E-state index contributed by atoms with van der Waals surface area (Å²) in [6, 6.07) is 3.90. The Kier molecular flexibility index (Phi) is 4.10. The third kappa shape index (κ3) is 2.74. The van der Waals surface area contributed by atoms with E-state index in [1.807, 2.05) is 0 Å². The minimum absolute atomic E-state index is 0.121. The van der Waals surface area contributed by atoms with E-state index in [2.05, 4.69) is 6.92 Å². The Bertz CT molecular complexity index is 560. The van der Waals surface area contributed by atoms with E-state index in [0.717, 1.165) is 25.3 Å². The van der Waals surface area contributed by atoms with E-state index in [1.165, 1.54) is 16.4 Å². The SMILES string of the molecule is CCCC1CCN(S(=O)(=O)c2cccc(F)c2N)C1. The summed E-state index contributed by atoms with van der Waals surface area (Å²) >= 11 is 0. The molecule has 0 bridgehead atoms. The van der Waals surface area contributed by atoms with E-state index in [9.17, 15) is 12.8 Å². The molecule has 2 rings (SSSR count). The molecule has 1 aromatic carbocycles. The molecule has 0 saturated carbocycles. The molecule has 1 aliphatic rings. The summed E-state index contributed by atoms with van der Waals surface area (Å²) in [4.78, 5) is -0.121. The zero-order valence-electron chi connectivity index (χ0n) is 11.0. The standard InChI is InChI=1S/C13H19FN2O2S/c1-2-4-10-7-8-16(9-10)19(17,18)12-6-3-5-11(14)13(12)15/h3,5-6,10H,2,4,7-9,15H2,1H3. The fourth-order valence-corrected chi connectivity index (χ4v) is 4.20. The fourth-order valence-electron chi connectivity index (χ4n) is 2.54. The normalized spacial score (nSPS) is 20.8. The van der Waals surface area contributed by atoms with Gasteiger partial charge in [0.15, 0.2) is 0 Å². The van der Waals surface area contributed by atoms with E-state index < -0.39 is 15.8 Å². The summed E-state index contributed by atoms with van der Waals surface area (Å²) in [5.74, 6) is -0.292. The van der Waals surface area contributed by atoms with Crippen molar-refractivity contribution in [2.45, 2.75) is 31.1 Å². The Hall–Kier alpha value is -1.14. The highest BCUT2D eigenvalue weighted by atomic mass is 32.2. The van der Waals surface area contributed by atoms with E-state index in [1.54, 1.807) is 0 Å². The van der Waals surface area contributed by atoms with Crippen LogP contribution in [0.4, 0.5) is 10.1 Å². The van der Waals surface area contributed by atoms with Gasteiger partial charge in [-0.2, -0.15) is 4.31 Å². The van der Waals surface area contributed by atoms with Gasteiger partial charge in [0.25, 0.3) is 0 Å². The number of halogens is 1. The number of benzene rings is 1. The first-order valence-corrected chi connectivity index (χ1v) is 7.95. The van der Waals surface area contributed by atoms with Crippen LogP contribution in [-0.2, 0) is 10.0 Å². The monoisotopic (exact) mass is 286 g/mol. The molecule has 1 aliphatic heterocycles. The summed E-state index contributed by atoms with van der Waals surface area (Å²) < 4.78 is 39.7. The van der Waals surface area contributed by atoms with Gasteiger partial charge in [0, 0.05) is 13.1 Å². The van der Waals surface area contributed by atoms with E-state index in [4.69, 9.17) is 5.73 Å². The van der Waals surface area contributed by atoms with Crippen LogP contribution in [0.25, 0.3) is 0 Å². The molecular formula is C13H19FN2O2S. The van der Waals surface area contributed by atoms with Gasteiger partial charge in [0.05, 0.1) is 5.69 Å². The molecule has 1 heterocycles. The minimum Gasteiger partial charge on any atom is -0.395 e. The van der Waals surface area contributed by atoms with Gasteiger partial charge in [0.2, 0.25) is 10.0 Å². The lowest BCUT2D eigenvalue weighted by Crippen LogP contribution is -2.29. The smallest absolute Gasteiger partial charge is 0.245 e. The Labute approximate surface area is 113 Å². The van der Waals surface area contributed by atoms with Crippen molar-refractivity contribution in [2.75, 3.05) is 18.8 Å². The van der Waals surface area contributed by atoms with Crippen LogP contribution in [0, 0.1) is 11.7 Å². The molecule has 1 atom stereocenters. The van der Waals surface area contributed by atoms with Crippen molar-refractivity contribution in [2.24, 2.45) is 5.92 Å². The summed E-state index contributed by atoms with van der Waals surface area (Å²) in [5.41, 5.74) is 5.26. The van der Waals surface area contributed by atoms with Gasteiger partial charge in [-0.25, -0.2) is 12.8 Å². The maximum Gasteiger partial charge on any atom is 0.245 e. The molecule has 4 nitrogen and oxygen atoms in total. The largest absolute Gasteiger partial charge is 0.395 e. The van der Waals surface area contributed by atoms with Gasteiger partial charge < -0.3 is 5.73 Å². The molecular weight excluding hydrogens is 267 g/mol. The molecule has 1 unspecified atom stereocenters. The second-order valence-corrected chi connectivity index (χ2v) is 6.86. The fraction of sp³-hybridized carbons (Fsp3) is 0.538. The number of nitrogens with zero attached hydrogens (tertiary/aromatic N) is 1. The van der Waals surface area contributed by atoms with Crippen LogP contribution in [0.1, 0.15) is 26.2 Å². The van der Waals surface area contributed by atoms with E-state index >= 15 is 0 Å². The van der Waals surface area contributed by atoms with Crippen LogP contribution in [0.3, 0.4) is 0 Å². The topological polar surface area (TPSA) is 63.4 Å². The molecule has 19 heavy (non-hydrogen) atoms. The lowest BCUT2D eigenvalue weighted by Gasteiger charge is -2.18.